The third kappa shape index (κ3) is 8.76. The molecule has 0 atom stereocenters. The molecule has 4 aromatic carbocycles. The summed E-state index contributed by atoms with van der Waals surface area (Å²) in [5.74, 6) is -1.58. The average Bonchev–Trinajstić information content (AvgIpc) is 3.35. The summed E-state index contributed by atoms with van der Waals surface area (Å²) in [6.07, 6.45) is 0. The van der Waals surface area contributed by atoms with Gasteiger partial charge in [0.25, 0.3) is 0 Å². The second-order valence-electron chi connectivity index (χ2n) is 9.33. The lowest BCUT2D eigenvalue weighted by molar-refractivity contribution is -0.139. The minimum Gasteiger partial charge on any atom is -0.479 e. The van der Waals surface area contributed by atoms with Crippen LogP contribution in [0, 0.1) is 0 Å². The molecule has 0 radical (unpaired) electrons. The number of carbonyl (C=O) groups excluding carboxylic acids is 3. The predicted octanol–water partition coefficient (Wildman–Crippen LogP) is 5.34. The van der Waals surface area contributed by atoms with Crippen LogP contribution in [0.2, 0.25) is 0 Å². The van der Waals surface area contributed by atoms with Gasteiger partial charge in [0.15, 0.2) is 6.61 Å². The molecule has 11 heteroatoms. The molecule has 11 nitrogen and oxygen atoms in total. The highest BCUT2D eigenvalue weighted by molar-refractivity contribution is 5.95. The maximum absolute atomic E-state index is 12.2. The zero-order valence-electron chi connectivity index (χ0n) is 23.9. The highest BCUT2D eigenvalue weighted by Gasteiger charge is 2.16. The fraction of sp³-hybridized carbons (Fsp3) is 0.121. The fourth-order valence-corrected chi connectivity index (χ4v) is 4.06. The van der Waals surface area contributed by atoms with E-state index >= 15 is 0 Å². The minimum atomic E-state index is -1.02. The highest BCUT2D eigenvalue weighted by atomic mass is 16.5. The largest absolute Gasteiger partial charge is 0.479 e. The topological polar surface area (TPSA) is 146 Å². The quantitative estimate of drug-likeness (QED) is 0.170. The van der Waals surface area contributed by atoms with Crippen molar-refractivity contribution in [3.63, 3.8) is 0 Å². The van der Waals surface area contributed by atoms with Crippen LogP contribution in [0.15, 0.2) is 103 Å². The van der Waals surface area contributed by atoms with Gasteiger partial charge in [-0.15, -0.1) is 5.10 Å². The summed E-state index contributed by atoms with van der Waals surface area (Å²) in [6.45, 7) is 2.87. The Morgan fingerprint density at radius 2 is 1.45 bits per heavy atom. The molecule has 1 amide bonds. The molecule has 5 aromatic rings. The molecule has 0 aliphatic heterocycles. The molecule has 0 aliphatic carbocycles. The van der Waals surface area contributed by atoms with Gasteiger partial charge >= 0.3 is 17.9 Å². The molecule has 44 heavy (non-hydrogen) atoms. The molecule has 0 saturated heterocycles. The van der Waals surface area contributed by atoms with Crippen molar-refractivity contribution in [2.75, 3.05) is 11.9 Å². The molecule has 5 rings (SSSR count). The number of nitrogens with zero attached hydrogens (tertiary/aromatic N) is 2. The summed E-state index contributed by atoms with van der Waals surface area (Å²) < 4.78 is 17.3. The van der Waals surface area contributed by atoms with Crippen LogP contribution in [0.1, 0.15) is 29.8 Å². The van der Waals surface area contributed by atoms with Crippen LogP contribution < -0.4 is 19.5 Å². The first-order valence-electron chi connectivity index (χ1n) is 13.4. The second-order valence-corrected chi connectivity index (χ2v) is 9.33. The van der Waals surface area contributed by atoms with E-state index in [1.165, 1.54) is 26.0 Å². The van der Waals surface area contributed by atoms with E-state index in [4.69, 9.17) is 19.3 Å². The number of aromatic nitrogens is 2. The number of carboxylic acids is 1. The van der Waals surface area contributed by atoms with E-state index in [-0.39, 0.29) is 17.2 Å². The van der Waals surface area contributed by atoms with Crippen LogP contribution in [-0.4, -0.2) is 45.3 Å². The number of para-hydroxylation sites is 2. The summed E-state index contributed by atoms with van der Waals surface area (Å²) in [5, 5.41) is 16.5. The van der Waals surface area contributed by atoms with Gasteiger partial charge in [-0.1, -0.05) is 54.6 Å². The van der Waals surface area contributed by atoms with Gasteiger partial charge in [-0.05, 0) is 54.1 Å². The third-order valence-corrected chi connectivity index (χ3v) is 5.88. The first kappa shape index (κ1) is 31.0. The molecule has 0 spiro atoms. The number of aliphatic carboxylic acids is 1. The van der Waals surface area contributed by atoms with E-state index in [0.717, 1.165) is 16.5 Å². The minimum absolute atomic E-state index is 0.139. The van der Waals surface area contributed by atoms with Crippen molar-refractivity contribution in [3.05, 3.63) is 114 Å². The molecule has 2 N–H and O–H groups in total. The predicted molar refractivity (Wildman–Crippen MR) is 162 cm³/mol. The van der Waals surface area contributed by atoms with Gasteiger partial charge in [-0.3, -0.25) is 14.3 Å². The lowest BCUT2D eigenvalue weighted by Crippen LogP contribution is -2.12. The van der Waals surface area contributed by atoms with Gasteiger partial charge in [0.2, 0.25) is 11.8 Å². The van der Waals surface area contributed by atoms with Crippen molar-refractivity contribution < 1.29 is 38.5 Å². The smallest absolute Gasteiger partial charge is 0.347 e. The summed E-state index contributed by atoms with van der Waals surface area (Å²) in [7, 11) is 0. The Morgan fingerprint density at radius 3 is 2.14 bits per heavy atom. The first-order valence-corrected chi connectivity index (χ1v) is 13.4. The van der Waals surface area contributed by atoms with Crippen LogP contribution >= 0.6 is 0 Å². The Hall–Kier alpha value is -5.97. The van der Waals surface area contributed by atoms with E-state index in [1.807, 2.05) is 59.3 Å². The third-order valence-electron chi connectivity index (χ3n) is 5.88. The highest BCUT2D eigenvalue weighted by Crippen LogP contribution is 2.25. The Labute approximate surface area is 252 Å². The number of benzene rings is 4. The second kappa shape index (κ2) is 14.8. The maximum Gasteiger partial charge on any atom is 0.347 e. The van der Waals surface area contributed by atoms with Gasteiger partial charge in [-0.2, -0.15) is 0 Å². The summed E-state index contributed by atoms with van der Waals surface area (Å²) in [4.78, 5) is 44.9. The van der Waals surface area contributed by atoms with Gasteiger partial charge in [0.1, 0.15) is 17.1 Å². The fourth-order valence-electron chi connectivity index (χ4n) is 4.06. The zero-order chi connectivity index (χ0) is 31.5. The number of fused-ring (bicyclic) bond motifs is 1. The summed E-state index contributed by atoms with van der Waals surface area (Å²) in [6, 6.07) is 30.2. The number of carbonyl (C=O) groups is 4. The van der Waals surface area contributed by atoms with Crippen LogP contribution in [0.5, 0.6) is 17.4 Å². The van der Waals surface area contributed by atoms with Gasteiger partial charge in [-0.25, -0.2) is 9.59 Å². The number of nitrogens with one attached hydrogen (secondary N) is 1. The summed E-state index contributed by atoms with van der Waals surface area (Å²) >= 11 is 0. The normalized spacial score (nSPS) is 10.2. The Balaban J connectivity index is 0.000000201. The van der Waals surface area contributed by atoms with Crippen molar-refractivity contribution in [3.8, 4) is 17.4 Å². The Morgan fingerprint density at radius 1 is 0.795 bits per heavy atom. The van der Waals surface area contributed by atoms with Crippen molar-refractivity contribution >= 4 is 40.4 Å². The number of amides is 1. The van der Waals surface area contributed by atoms with Gasteiger partial charge < -0.3 is 24.6 Å². The van der Waals surface area contributed by atoms with E-state index in [2.05, 4.69) is 10.4 Å². The summed E-state index contributed by atoms with van der Waals surface area (Å²) in [5.41, 5.74) is 2.78. The standard InChI is InChI=1S/C17H15NO5.C16H14N2O3/c1-11(19)18-13-7-9-14(10-8-13)23-17(21)15-5-3-4-6-16(15)22-12(2)20;19-15(20)11-21-16-13-8-4-5-9-14(13)18(17-16)10-12-6-2-1-3-7-12/h3-10H,1-2H3,(H,18,19);1-9H,10-11H2,(H,19,20). The molecule has 224 valence electrons. The lowest BCUT2D eigenvalue weighted by Gasteiger charge is -2.09. The average molecular weight is 596 g/mol. The molecule has 1 heterocycles. The number of ether oxygens (including phenoxy) is 3. The molecule has 1 aromatic heterocycles. The Bertz CT molecular complexity index is 1770. The van der Waals surface area contributed by atoms with Crippen molar-refractivity contribution in [2.45, 2.75) is 20.4 Å². The number of esters is 2. The Kier molecular flexibility index (Phi) is 10.4. The van der Waals surface area contributed by atoms with Gasteiger partial charge in [0, 0.05) is 19.5 Å². The molecule has 0 saturated carbocycles. The van der Waals surface area contributed by atoms with Crippen LogP contribution in [0.4, 0.5) is 5.69 Å². The molecule has 0 bridgehead atoms. The maximum atomic E-state index is 12.2. The molecule has 0 aliphatic rings. The SMILES string of the molecule is CC(=O)Nc1ccc(OC(=O)c2ccccc2OC(C)=O)cc1.O=C(O)COc1nn(Cc2ccccc2)c2ccccc12. The van der Waals surface area contributed by atoms with Crippen LogP contribution in [0.25, 0.3) is 10.9 Å². The molecular weight excluding hydrogens is 566 g/mol. The van der Waals surface area contributed by atoms with E-state index in [1.54, 1.807) is 36.4 Å². The van der Waals surface area contributed by atoms with E-state index < -0.39 is 24.5 Å². The number of hydrogen-bond donors (Lipinski definition) is 2. The van der Waals surface area contributed by atoms with E-state index in [0.29, 0.717) is 23.9 Å². The zero-order valence-corrected chi connectivity index (χ0v) is 23.9. The van der Waals surface area contributed by atoms with Crippen molar-refractivity contribution in [2.24, 2.45) is 0 Å². The number of anilines is 1. The molecule has 0 fully saturated rings. The number of rotatable bonds is 9. The number of carboxylic acid groups (broad SMARTS) is 1. The van der Waals surface area contributed by atoms with Crippen molar-refractivity contribution in [1.29, 1.82) is 0 Å². The first-order chi connectivity index (χ1) is 21.2. The lowest BCUT2D eigenvalue weighted by atomic mass is 10.2. The van der Waals surface area contributed by atoms with Crippen LogP contribution in [0.3, 0.4) is 0 Å². The monoisotopic (exact) mass is 595 g/mol. The molecule has 0 unspecified atom stereocenters. The molecular formula is C33H29N3O8. The number of hydrogen-bond acceptors (Lipinski definition) is 8. The van der Waals surface area contributed by atoms with E-state index in [9.17, 15) is 19.2 Å². The van der Waals surface area contributed by atoms with Gasteiger partial charge in [0.05, 0.1) is 17.4 Å². The van der Waals surface area contributed by atoms with Crippen LogP contribution in [-0.2, 0) is 20.9 Å². The van der Waals surface area contributed by atoms with Crippen molar-refractivity contribution in [1.82, 2.24) is 9.78 Å².